The summed E-state index contributed by atoms with van der Waals surface area (Å²) in [6, 6.07) is 4.58. The van der Waals surface area contributed by atoms with Crippen molar-refractivity contribution in [1.82, 2.24) is 10.2 Å². The average Bonchev–Trinajstić information content (AvgIpc) is 2.39. The zero-order chi connectivity index (χ0) is 13.2. The highest BCUT2D eigenvalue weighted by atomic mass is 35.5. The van der Waals surface area contributed by atoms with Gasteiger partial charge in [0.25, 0.3) is 0 Å². The summed E-state index contributed by atoms with van der Waals surface area (Å²) >= 11 is 6.26. The van der Waals surface area contributed by atoms with E-state index < -0.39 is 0 Å². The molecule has 0 saturated carbocycles. The number of nitrogens with zero attached hydrogens (tertiary/aromatic N) is 1. The number of piperazine rings is 1. The molecular formula is C14H19ClN2O2. The Morgan fingerprint density at radius 3 is 3.05 bits per heavy atom. The van der Waals surface area contributed by atoms with Crippen molar-refractivity contribution in [3.05, 3.63) is 22.7 Å². The number of benzene rings is 1. The third kappa shape index (κ3) is 2.96. The lowest BCUT2D eigenvalue weighted by Crippen LogP contribution is -2.48. The van der Waals surface area contributed by atoms with Crippen LogP contribution in [-0.4, -0.2) is 43.8 Å². The molecule has 1 aromatic carbocycles. The van der Waals surface area contributed by atoms with Crippen molar-refractivity contribution in [2.75, 3.05) is 32.8 Å². The van der Waals surface area contributed by atoms with E-state index in [2.05, 4.69) is 17.1 Å². The van der Waals surface area contributed by atoms with Crippen molar-refractivity contribution in [1.29, 1.82) is 0 Å². The Morgan fingerprint density at radius 1 is 1.37 bits per heavy atom. The highest BCUT2D eigenvalue weighted by Gasteiger charge is 2.19. The largest absolute Gasteiger partial charge is 0.486 e. The molecule has 3 rings (SSSR count). The van der Waals surface area contributed by atoms with E-state index in [1.807, 2.05) is 12.1 Å². The fourth-order valence-electron chi connectivity index (χ4n) is 2.67. The summed E-state index contributed by atoms with van der Waals surface area (Å²) in [6.07, 6.45) is 0. The molecule has 1 fully saturated rings. The lowest BCUT2D eigenvalue weighted by Gasteiger charge is -2.32. The predicted octanol–water partition coefficient (Wildman–Crippen LogP) is 1.90. The minimum Gasteiger partial charge on any atom is -0.486 e. The van der Waals surface area contributed by atoms with Gasteiger partial charge in [-0.2, -0.15) is 0 Å². The minimum absolute atomic E-state index is 0.543. The zero-order valence-electron chi connectivity index (χ0n) is 11.1. The SMILES string of the molecule is CC1CN(Cc2cc(Cl)c3c(c2)OCCO3)CCN1. The summed E-state index contributed by atoms with van der Waals surface area (Å²) in [5.41, 5.74) is 1.18. The molecule has 1 unspecified atom stereocenters. The van der Waals surface area contributed by atoms with E-state index in [0.717, 1.165) is 31.9 Å². The van der Waals surface area contributed by atoms with Gasteiger partial charge in [-0.3, -0.25) is 4.90 Å². The van der Waals surface area contributed by atoms with E-state index in [1.54, 1.807) is 0 Å². The van der Waals surface area contributed by atoms with Crippen LogP contribution < -0.4 is 14.8 Å². The highest BCUT2D eigenvalue weighted by Crippen LogP contribution is 2.38. The van der Waals surface area contributed by atoms with E-state index in [9.17, 15) is 0 Å². The molecule has 1 N–H and O–H groups in total. The summed E-state index contributed by atoms with van der Waals surface area (Å²) in [7, 11) is 0. The highest BCUT2D eigenvalue weighted by molar-refractivity contribution is 6.32. The predicted molar refractivity (Wildman–Crippen MR) is 75.2 cm³/mol. The van der Waals surface area contributed by atoms with Crippen LogP contribution in [0.3, 0.4) is 0 Å². The van der Waals surface area contributed by atoms with Crippen LogP contribution in [0.5, 0.6) is 11.5 Å². The molecule has 5 heteroatoms. The number of fused-ring (bicyclic) bond motifs is 1. The second-order valence-electron chi connectivity index (χ2n) is 5.19. The van der Waals surface area contributed by atoms with Crippen LogP contribution in [0.25, 0.3) is 0 Å². The lowest BCUT2D eigenvalue weighted by molar-refractivity contribution is 0.170. The van der Waals surface area contributed by atoms with Crippen LogP contribution in [0.2, 0.25) is 5.02 Å². The molecule has 0 amide bonds. The molecule has 0 bridgehead atoms. The number of halogens is 1. The maximum absolute atomic E-state index is 6.26. The normalized spacial score (nSPS) is 23.4. The summed E-state index contributed by atoms with van der Waals surface area (Å²) in [4.78, 5) is 2.43. The average molecular weight is 283 g/mol. The molecule has 1 saturated heterocycles. The third-order valence-corrected chi connectivity index (χ3v) is 3.80. The monoisotopic (exact) mass is 282 g/mol. The van der Waals surface area contributed by atoms with Crippen molar-refractivity contribution in [3.8, 4) is 11.5 Å². The van der Waals surface area contributed by atoms with Crippen LogP contribution in [0.1, 0.15) is 12.5 Å². The molecular weight excluding hydrogens is 264 g/mol. The second-order valence-corrected chi connectivity index (χ2v) is 5.60. The summed E-state index contributed by atoms with van der Waals surface area (Å²) < 4.78 is 11.2. The fourth-order valence-corrected chi connectivity index (χ4v) is 2.96. The maximum Gasteiger partial charge on any atom is 0.179 e. The molecule has 2 aliphatic heterocycles. The van der Waals surface area contributed by atoms with E-state index in [0.29, 0.717) is 30.0 Å². The summed E-state index contributed by atoms with van der Waals surface area (Å²) in [5.74, 6) is 1.46. The molecule has 0 aliphatic carbocycles. The van der Waals surface area contributed by atoms with Crippen molar-refractivity contribution in [3.63, 3.8) is 0 Å². The van der Waals surface area contributed by atoms with Crippen molar-refractivity contribution < 1.29 is 9.47 Å². The number of rotatable bonds is 2. The Hall–Kier alpha value is -0.970. The van der Waals surface area contributed by atoms with Crippen LogP contribution in [0.4, 0.5) is 0 Å². The van der Waals surface area contributed by atoms with Gasteiger partial charge in [0.2, 0.25) is 0 Å². The summed E-state index contributed by atoms with van der Waals surface area (Å²) in [5, 5.41) is 4.10. The maximum atomic E-state index is 6.26. The van der Waals surface area contributed by atoms with Gasteiger partial charge in [-0.1, -0.05) is 11.6 Å². The van der Waals surface area contributed by atoms with Crippen LogP contribution in [0.15, 0.2) is 12.1 Å². The number of hydrogen-bond acceptors (Lipinski definition) is 4. The first-order valence-corrected chi connectivity index (χ1v) is 7.14. The zero-order valence-corrected chi connectivity index (χ0v) is 11.9. The topological polar surface area (TPSA) is 33.7 Å². The van der Waals surface area contributed by atoms with Gasteiger partial charge in [0.15, 0.2) is 11.5 Å². The molecule has 0 aromatic heterocycles. The van der Waals surface area contributed by atoms with Gasteiger partial charge in [0.05, 0.1) is 5.02 Å². The smallest absolute Gasteiger partial charge is 0.179 e. The first-order chi connectivity index (χ1) is 9.22. The molecule has 4 nitrogen and oxygen atoms in total. The van der Waals surface area contributed by atoms with Crippen LogP contribution >= 0.6 is 11.6 Å². The first-order valence-electron chi connectivity index (χ1n) is 6.76. The Labute approximate surface area is 118 Å². The Balaban J connectivity index is 1.76. The molecule has 1 atom stereocenters. The second kappa shape index (κ2) is 5.57. The first kappa shape index (κ1) is 13.0. The Bertz CT molecular complexity index is 467. The molecule has 2 heterocycles. The third-order valence-electron chi connectivity index (χ3n) is 3.52. The van der Waals surface area contributed by atoms with Crippen molar-refractivity contribution in [2.24, 2.45) is 0 Å². The molecule has 19 heavy (non-hydrogen) atoms. The van der Waals surface area contributed by atoms with Crippen LogP contribution in [0, 0.1) is 0 Å². The van der Waals surface area contributed by atoms with E-state index in [-0.39, 0.29) is 0 Å². The molecule has 0 spiro atoms. The van der Waals surface area contributed by atoms with Gasteiger partial charge in [-0.05, 0) is 24.6 Å². The van der Waals surface area contributed by atoms with Crippen molar-refractivity contribution >= 4 is 11.6 Å². The quantitative estimate of drug-likeness (QED) is 0.898. The number of hydrogen-bond donors (Lipinski definition) is 1. The number of ether oxygens (including phenoxy) is 2. The van der Waals surface area contributed by atoms with Gasteiger partial charge in [0.1, 0.15) is 13.2 Å². The summed E-state index contributed by atoms with van der Waals surface area (Å²) in [6.45, 7) is 7.45. The molecule has 2 aliphatic rings. The Kier molecular flexibility index (Phi) is 3.82. The van der Waals surface area contributed by atoms with Crippen molar-refractivity contribution in [2.45, 2.75) is 19.5 Å². The standard InChI is InChI=1S/C14H19ClN2O2/c1-10-8-17(3-2-16-10)9-11-6-12(15)14-13(7-11)18-4-5-19-14/h6-7,10,16H,2-5,8-9H2,1H3. The van der Waals surface area contributed by atoms with Gasteiger partial charge in [-0.25, -0.2) is 0 Å². The minimum atomic E-state index is 0.543. The molecule has 104 valence electrons. The van der Waals surface area contributed by atoms with Crippen LogP contribution in [-0.2, 0) is 6.54 Å². The Morgan fingerprint density at radius 2 is 2.21 bits per heavy atom. The van der Waals surface area contributed by atoms with E-state index >= 15 is 0 Å². The van der Waals surface area contributed by atoms with E-state index in [1.165, 1.54) is 5.56 Å². The van der Waals surface area contributed by atoms with Gasteiger partial charge in [-0.15, -0.1) is 0 Å². The lowest BCUT2D eigenvalue weighted by atomic mass is 10.1. The fraction of sp³-hybridized carbons (Fsp3) is 0.571. The number of nitrogens with one attached hydrogen (secondary N) is 1. The van der Waals surface area contributed by atoms with Gasteiger partial charge in [0, 0.05) is 32.2 Å². The van der Waals surface area contributed by atoms with E-state index in [4.69, 9.17) is 21.1 Å². The molecule has 1 aromatic rings. The van der Waals surface area contributed by atoms with Gasteiger partial charge >= 0.3 is 0 Å². The van der Waals surface area contributed by atoms with Gasteiger partial charge < -0.3 is 14.8 Å². The molecule has 0 radical (unpaired) electrons.